The van der Waals surface area contributed by atoms with Gasteiger partial charge in [-0.1, -0.05) is 6.92 Å². The third-order valence-corrected chi connectivity index (χ3v) is 3.34. The van der Waals surface area contributed by atoms with Crippen LogP contribution in [0.3, 0.4) is 0 Å². The summed E-state index contributed by atoms with van der Waals surface area (Å²) in [6, 6.07) is 0.484. The molecule has 1 fully saturated rings. The molecule has 1 heterocycles. The van der Waals surface area contributed by atoms with Crippen LogP contribution in [0, 0.1) is 0 Å². The Hall–Kier alpha value is -1.30. The summed E-state index contributed by atoms with van der Waals surface area (Å²) in [5.41, 5.74) is -0.455. The maximum atomic E-state index is 11.7. The van der Waals surface area contributed by atoms with Crippen molar-refractivity contribution in [1.82, 2.24) is 15.5 Å². The normalized spacial score (nSPS) is 17.1. The lowest BCUT2D eigenvalue weighted by molar-refractivity contribution is -0.121. The minimum Gasteiger partial charge on any atom is -0.444 e. The second kappa shape index (κ2) is 7.64. The standard InChI is InChI=1S/C15H29N3O3/c1-6-11(2)17-13(19)7-8-16-12-9-18(10-12)14(20)21-15(3,4)5/h11-12,16H,6-10H2,1-5H3,(H,17,19). The number of carbonyl (C=O) groups is 2. The number of nitrogens with one attached hydrogen (secondary N) is 2. The largest absolute Gasteiger partial charge is 0.444 e. The maximum absolute atomic E-state index is 11.7. The Morgan fingerprint density at radius 2 is 1.95 bits per heavy atom. The first-order valence-corrected chi connectivity index (χ1v) is 7.72. The minimum absolute atomic E-state index is 0.0696. The molecule has 0 radical (unpaired) electrons. The number of amides is 2. The van der Waals surface area contributed by atoms with Crippen LogP contribution in [-0.4, -0.2) is 54.2 Å². The van der Waals surface area contributed by atoms with Gasteiger partial charge in [0.2, 0.25) is 5.91 Å². The van der Waals surface area contributed by atoms with E-state index in [2.05, 4.69) is 10.6 Å². The van der Waals surface area contributed by atoms with Crippen LogP contribution in [0.25, 0.3) is 0 Å². The highest BCUT2D eigenvalue weighted by Gasteiger charge is 2.33. The number of likely N-dealkylation sites (tertiary alicyclic amines) is 1. The van der Waals surface area contributed by atoms with Crippen molar-refractivity contribution in [3.05, 3.63) is 0 Å². The van der Waals surface area contributed by atoms with Crippen molar-refractivity contribution >= 4 is 12.0 Å². The summed E-state index contributed by atoms with van der Waals surface area (Å²) < 4.78 is 5.28. The van der Waals surface area contributed by atoms with Crippen LogP contribution in [0.1, 0.15) is 47.5 Å². The number of nitrogens with zero attached hydrogens (tertiary/aromatic N) is 1. The third-order valence-electron chi connectivity index (χ3n) is 3.34. The van der Waals surface area contributed by atoms with Crippen molar-refractivity contribution in [1.29, 1.82) is 0 Å². The van der Waals surface area contributed by atoms with E-state index in [4.69, 9.17) is 4.74 Å². The monoisotopic (exact) mass is 299 g/mol. The first-order chi connectivity index (χ1) is 9.71. The molecule has 0 bridgehead atoms. The Morgan fingerprint density at radius 1 is 1.33 bits per heavy atom. The van der Waals surface area contributed by atoms with Gasteiger partial charge in [0, 0.05) is 38.1 Å². The van der Waals surface area contributed by atoms with Gasteiger partial charge < -0.3 is 20.3 Å². The zero-order chi connectivity index (χ0) is 16.0. The lowest BCUT2D eigenvalue weighted by Gasteiger charge is -2.40. The van der Waals surface area contributed by atoms with E-state index in [1.807, 2.05) is 34.6 Å². The fourth-order valence-corrected chi connectivity index (χ4v) is 1.92. The van der Waals surface area contributed by atoms with E-state index in [1.54, 1.807) is 4.90 Å². The first kappa shape index (κ1) is 17.8. The first-order valence-electron chi connectivity index (χ1n) is 7.72. The van der Waals surface area contributed by atoms with Crippen LogP contribution in [-0.2, 0) is 9.53 Å². The molecule has 2 N–H and O–H groups in total. The summed E-state index contributed by atoms with van der Waals surface area (Å²) in [7, 11) is 0. The predicted octanol–water partition coefficient (Wildman–Crippen LogP) is 1.50. The molecule has 6 nitrogen and oxygen atoms in total. The van der Waals surface area contributed by atoms with E-state index in [0.717, 1.165) is 6.42 Å². The second-order valence-corrected chi connectivity index (χ2v) is 6.66. The van der Waals surface area contributed by atoms with Gasteiger partial charge in [0.05, 0.1) is 0 Å². The van der Waals surface area contributed by atoms with Crippen molar-refractivity contribution in [3.8, 4) is 0 Å². The van der Waals surface area contributed by atoms with Gasteiger partial charge in [-0.25, -0.2) is 4.79 Å². The Bertz CT molecular complexity index is 360. The van der Waals surface area contributed by atoms with Crippen LogP contribution in [0.4, 0.5) is 4.79 Å². The Kier molecular flexibility index (Phi) is 6.45. The van der Waals surface area contributed by atoms with Crippen LogP contribution >= 0.6 is 0 Å². The van der Waals surface area contributed by atoms with Crippen LogP contribution in [0.5, 0.6) is 0 Å². The fraction of sp³-hybridized carbons (Fsp3) is 0.867. The topological polar surface area (TPSA) is 70.7 Å². The lowest BCUT2D eigenvalue weighted by Crippen LogP contribution is -2.60. The van der Waals surface area contributed by atoms with Gasteiger partial charge in [0.25, 0.3) is 0 Å². The molecular weight excluding hydrogens is 270 g/mol. The van der Waals surface area contributed by atoms with Crippen molar-refractivity contribution in [2.75, 3.05) is 19.6 Å². The minimum atomic E-state index is -0.455. The Balaban J connectivity index is 2.10. The molecule has 2 amide bonds. The zero-order valence-corrected chi connectivity index (χ0v) is 13.9. The smallest absolute Gasteiger partial charge is 0.410 e. The molecule has 1 atom stereocenters. The number of carbonyl (C=O) groups excluding carboxylic acids is 2. The summed E-state index contributed by atoms with van der Waals surface area (Å²) in [5.74, 6) is 0.0696. The van der Waals surface area contributed by atoms with E-state index in [1.165, 1.54) is 0 Å². The summed E-state index contributed by atoms with van der Waals surface area (Å²) >= 11 is 0. The maximum Gasteiger partial charge on any atom is 0.410 e. The SMILES string of the molecule is CCC(C)NC(=O)CCNC1CN(C(=O)OC(C)(C)C)C1. The van der Waals surface area contributed by atoms with Gasteiger partial charge >= 0.3 is 6.09 Å². The van der Waals surface area contributed by atoms with Crippen molar-refractivity contribution in [3.63, 3.8) is 0 Å². The molecule has 1 aliphatic heterocycles. The molecule has 1 rings (SSSR count). The Morgan fingerprint density at radius 3 is 2.48 bits per heavy atom. The van der Waals surface area contributed by atoms with Gasteiger partial charge in [-0.05, 0) is 34.1 Å². The van der Waals surface area contributed by atoms with Crippen molar-refractivity contribution in [2.45, 2.75) is 65.1 Å². The van der Waals surface area contributed by atoms with E-state index in [0.29, 0.717) is 26.1 Å². The van der Waals surface area contributed by atoms with Crippen LogP contribution in [0.15, 0.2) is 0 Å². The molecule has 0 aromatic heterocycles. The highest BCUT2D eigenvalue weighted by Crippen LogP contribution is 2.15. The van der Waals surface area contributed by atoms with E-state index in [-0.39, 0.29) is 24.1 Å². The van der Waals surface area contributed by atoms with Gasteiger partial charge in [-0.15, -0.1) is 0 Å². The molecule has 0 aromatic carbocycles. The molecule has 0 aliphatic carbocycles. The van der Waals surface area contributed by atoms with Gasteiger partial charge in [-0.3, -0.25) is 4.79 Å². The van der Waals surface area contributed by atoms with E-state index in [9.17, 15) is 9.59 Å². The molecule has 0 aromatic rings. The average molecular weight is 299 g/mol. The average Bonchev–Trinajstić information content (AvgIpc) is 2.29. The lowest BCUT2D eigenvalue weighted by atomic mass is 10.1. The van der Waals surface area contributed by atoms with Gasteiger partial charge in [0.1, 0.15) is 5.60 Å². The molecule has 0 saturated carbocycles. The summed E-state index contributed by atoms with van der Waals surface area (Å²) in [5, 5.41) is 6.21. The molecule has 122 valence electrons. The predicted molar refractivity (Wildman–Crippen MR) is 82.1 cm³/mol. The van der Waals surface area contributed by atoms with Gasteiger partial charge in [0.15, 0.2) is 0 Å². The Labute approximate surface area is 127 Å². The third kappa shape index (κ3) is 6.80. The molecular formula is C15H29N3O3. The summed E-state index contributed by atoms with van der Waals surface area (Å²) in [4.78, 5) is 25.0. The van der Waals surface area contributed by atoms with E-state index >= 15 is 0 Å². The highest BCUT2D eigenvalue weighted by atomic mass is 16.6. The van der Waals surface area contributed by atoms with Crippen molar-refractivity contribution < 1.29 is 14.3 Å². The zero-order valence-electron chi connectivity index (χ0n) is 13.9. The fourth-order valence-electron chi connectivity index (χ4n) is 1.92. The van der Waals surface area contributed by atoms with Crippen LogP contribution in [0.2, 0.25) is 0 Å². The number of hydrogen-bond acceptors (Lipinski definition) is 4. The summed E-state index contributed by atoms with van der Waals surface area (Å²) in [6.45, 7) is 11.5. The quantitative estimate of drug-likeness (QED) is 0.780. The molecule has 1 aliphatic rings. The highest BCUT2D eigenvalue weighted by molar-refractivity contribution is 5.76. The second-order valence-electron chi connectivity index (χ2n) is 6.66. The summed E-state index contributed by atoms with van der Waals surface area (Å²) in [6.07, 6.45) is 1.13. The molecule has 6 heteroatoms. The number of ether oxygens (including phenoxy) is 1. The van der Waals surface area contributed by atoms with Crippen molar-refractivity contribution in [2.24, 2.45) is 0 Å². The molecule has 1 saturated heterocycles. The van der Waals surface area contributed by atoms with E-state index < -0.39 is 5.60 Å². The van der Waals surface area contributed by atoms with Gasteiger partial charge in [-0.2, -0.15) is 0 Å². The molecule has 1 unspecified atom stereocenters. The number of hydrogen-bond donors (Lipinski definition) is 2. The van der Waals surface area contributed by atoms with Crippen LogP contribution < -0.4 is 10.6 Å². The molecule has 0 spiro atoms. The molecule has 21 heavy (non-hydrogen) atoms. The number of rotatable bonds is 6.